The van der Waals surface area contributed by atoms with Crippen LogP contribution in [-0.2, 0) is 0 Å². The lowest BCUT2D eigenvalue weighted by molar-refractivity contribution is 0.173. The number of nitrogens with zero attached hydrogens (tertiary/aromatic N) is 1. The van der Waals surface area contributed by atoms with Crippen LogP contribution in [0.2, 0.25) is 5.02 Å². The van der Waals surface area contributed by atoms with E-state index >= 15 is 0 Å². The highest BCUT2D eigenvalue weighted by Crippen LogP contribution is 2.38. The molecule has 0 bridgehead atoms. The molecule has 0 saturated carbocycles. The Morgan fingerprint density at radius 1 is 0.913 bits per heavy atom. The van der Waals surface area contributed by atoms with Gasteiger partial charge in [-0.2, -0.15) is 0 Å². The van der Waals surface area contributed by atoms with Gasteiger partial charge in [-0.05, 0) is 35.4 Å². The van der Waals surface area contributed by atoms with Crippen LogP contribution in [-0.4, -0.2) is 37.9 Å². The molecule has 0 aromatic heterocycles. The Morgan fingerprint density at radius 2 is 1.61 bits per heavy atom. The summed E-state index contributed by atoms with van der Waals surface area (Å²) < 4.78 is 11.0. The van der Waals surface area contributed by atoms with Gasteiger partial charge in [0, 0.05) is 31.2 Å². The Bertz CT molecular complexity index is 684. The average Bonchev–Trinajstić information content (AvgIpc) is 3.06. The third kappa shape index (κ3) is 3.02. The van der Waals surface area contributed by atoms with Crippen LogP contribution in [0.15, 0.2) is 42.5 Å². The summed E-state index contributed by atoms with van der Waals surface area (Å²) in [5.41, 5.74) is 2.47. The summed E-state index contributed by atoms with van der Waals surface area (Å²) >= 11 is 6.06. The van der Waals surface area contributed by atoms with Crippen molar-refractivity contribution in [1.29, 1.82) is 0 Å². The molecule has 0 radical (unpaired) electrons. The quantitative estimate of drug-likeness (QED) is 0.938. The maximum atomic E-state index is 6.06. The Balaban J connectivity index is 1.73. The third-order valence-electron chi connectivity index (χ3n) is 4.41. The average molecular weight is 331 g/mol. The van der Waals surface area contributed by atoms with Gasteiger partial charge in [0.15, 0.2) is 11.5 Å². The maximum absolute atomic E-state index is 6.06. The summed E-state index contributed by atoms with van der Waals surface area (Å²) in [6.07, 6.45) is 0. The molecule has 1 atom stereocenters. The fraction of sp³-hybridized carbons (Fsp3) is 0.333. The van der Waals surface area contributed by atoms with Crippen molar-refractivity contribution in [2.45, 2.75) is 6.04 Å². The SMILES string of the molecule is Clc1ccc(C(c2ccc3c(c2)OCO3)N2CCNCC2)cc1. The molecule has 2 aromatic carbocycles. The van der Waals surface area contributed by atoms with Gasteiger partial charge in [0.2, 0.25) is 6.79 Å². The number of benzene rings is 2. The van der Waals surface area contributed by atoms with Crippen LogP contribution in [0.25, 0.3) is 0 Å². The third-order valence-corrected chi connectivity index (χ3v) is 4.67. The van der Waals surface area contributed by atoms with Crippen molar-refractivity contribution in [3.05, 3.63) is 58.6 Å². The van der Waals surface area contributed by atoms with Gasteiger partial charge in [0.25, 0.3) is 0 Å². The Morgan fingerprint density at radius 3 is 2.39 bits per heavy atom. The molecule has 1 fully saturated rings. The van der Waals surface area contributed by atoms with Crippen molar-refractivity contribution in [3.8, 4) is 11.5 Å². The molecule has 0 aliphatic carbocycles. The van der Waals surface area contributed by atoms with E-state index in [1.54, 1.807) is 0 Å². The van der Waals surface area contributed by atoms with Crippen LogP contribution in [0.5, 0.6) is 11.5 Å². The van der Waals surface area contributed by atoms with Crippen LogP contribution in [0.3, 0.4) is 0 Å². The zero-order valence-corrected chi connectivity index (χ0v) is 13.6. The van der Waals surface area contributed by atoms with E-state index in [9.17, 15) is 0 Å². The van der Waals surface area contributed by atoms with Crippen LogP contribution < -0.4 is 14.8 Å². The zero-order chi connectivity index (χ0) is 15.6. The molecule has 2 aromatic rings. The summed E-state index contributed by atoms with van der Waals surface area (Å²) in [4.78, 5) is 2.50. The fourth-order valence-electron chi connectivity index (χ4n) is 3.28. The number of rotatable bonds is 3. The highest BCUT2D eigenvalue weighted by atomic mass is 35.5. The van der Waals surface area contributed by atoms with Gasteiger partial charge in [-0.25, -0.2) is 0 Å². The summed E-state index contributed by atoms with van der Waals surface area (Å²) in [6.45, 7) is 4.35. The first-order valence-electron chi connectivity index (χ1n) is 7.91. The van der Waals surface area contributed by atoms with Crippen molar-refractivity contribution in [2.24, 2.45) is 0 Å². The van der Waals surface area contributed by atoms with Gasteiger partial charge in [-0.3, -0.25) is 4.90 Å². The molecular weight excluding hydrogens is 312 g/mol. The van der Waals surface area contributed by atoms with Crippen LogP contribution in [0, 0.1) is 0 Å². The number of piperazine rings is 1. The normalized spacial score (nSPS) is 18.8. The van der Waals surface area contributed by atoms with E-state index in [-0.39, 0.29) is 6.04 Å². The van der Waals surface area contributed by atoms with Crippen molar-refractivity contribution in [3.63, 3.8) is 0 Å². The van der Waals surface area contributed by atoms with E-state index in [0.717, 1.165) is 42.7 Å². The van der Waals surface area contributed by atoms with E-state index in [1.807, 2.05) is 18.2 Å². The first kappa shape index (κ1) is 14.8. The number of halogens is 1. The standard InChI is InChI=1S/C18H19ClN2O2/c19-15-4-1-13(2-5-15)18(21-9-7-20-8-10-21)14-3-6-16-17(11-14)23-12-22-16/h1-6,11,18,20H,7-10,12H2. The zero-order valence-electron chi connectivity index (χ0n) is 12.8. The summed E-state index contributed by atoms with van der Waals surface area (Å²) in [5.74, 6) is 1.65. The van der Waals surface area contributed by atoms with Crippen molar-refractivity contribution < 1.29 is 9.47 Å². The predicted molar refractivity (Wildman–Crippen MR) is 90.3 cm³/mol. The molecule has 2 heterocycles. The predicted octanol–water partition coefficient (Wildman–Crippen LogP) is 3.06. The van der Waals surface area contributed by atoms with Gasteiger partial charge in [0.05, 0.1) is 6.04 Å². The number of nitrogens with one attached hydrogen (secondary N) is 1. The second kappa shape index (κ2) is 6.40. The topological polar surface area (TPSA) is 33.7 Å². The first-order valence-corrected chi connectivity index (χ1v) is 8.29. The van der Waals surface area contributed by atoms with Gasteiger partial charge >= 0.3 is 0 Å². The maximum Gasteiger partial charge on any atom is 0.231 e. The lowest BCUT2D eigenvalue weighted by atomic mass is 9.96. The van der Waals surface area contributed by atoms with Crippen LogP contribution in [0.1, 0.15) is 17.2 Å². The van der Waals surface area contributed by atoms with E-state index in [0.29, 0.717) is 6.79 Å². The molecule has 2 aliphatic rings. The Kier molecular flexibility index (Phi) is 4.12. The number of hydrogen-bond acceptors (Lipinski definition) is 4. The molecule has 4 rings (SSSR count). The van der Waals surface area contributed by atoms with Crippen LogP contribution in [0.4, 0.5) is 0 Å². The summed E-state index contributed by atoms with van der Waals surface area (Å²) in [7, 11) is 0. The van der Waals surface area contributed by atoms with E-state index in [4.69, 9.17) is 21.1 Å². The van der Waals surface area contributed by atoms with Crippen molar-refractivity contribution >= 4 is 11.6 Å². The smallest absolute Gasteiger partial charge is 0.231 e. The lowest BCUT2D eigenvalue weighted by Gasteiger charge is -2.35. The molecule has 1 N–H and O–H groups in total. The molecule has 1 saturated heterocycles. The van der Waals surface area contributed by atoms with E-state index in [1.165, 1.54) is 11.1 Å². The number of fused-ring (bicyclic) bond motifs is 1. The summed E-state index contributed by atoms with van der Waals surface area (Å²) in [6, 6.07) is 14.6. The first-order chi connectivity index (χ1) is 11.3. The van der Waals surface area contributed by atoms with Crippen molar-refractivity contribution in [1.82, 2.24) is 10.2 Å². The highest BCUT2D eigenvalue weighted by molar-refractivity contribution is 6.30. The minimum Gasteiger partial charge on any atom is -0.454 e. The molecule has 1 unspecified atom stereocenters. The molecule has 5 heteroatoms. The molecule has 4 nitrogen and oxygen atoms in total. The molecular formula is C18H19ClN2O2. The monoisotopic (exact) mass is 330 g/mol. The Labute approximate surface area is 141 Å². The van der Waals surface area contributed by atoms with Gasteiger partial charge < -0.3 is 14.8 Å². The van der Waals surface area contributed by atoms with Gasteiger partial charge in [0.1, 0.15) is 0 Å². The highest BCUT2D eigenvalue weighted by Gasteiger charge is 2.25. The molecule has 2 aliphatic heterocycles. The fourth-order valence-corrected chi connectivity index (χ4v) is 3.41. The van der Waals surface area contributed by atoms with Crippen LogP contribution >= 0.6 is 11.6 Å². The molecule has 0 amide bonds. The second-order valence-corrected chi connectivity index (χ2v) is 6.29. The number of ether oxygens (including phenoxy) is 2. The molecule has 0 spiro atoms. The van der Waals surface area contributed by atoms with E-state index in [2.05, 4.69) is 34.5 Å². The Hall–Kier alpha value is -1.75. The summed E-state index contributed by atoms with van der Waals surface area (Å²) in [5, 5.41) is 4.18. The van der Waals surface area contributed by atoms with Gasteiger partial charge in [-0.1, -0.05) is 29.8 Å². The molecule has 23 heavy (non-hydrogen) atoms. The lowest BCUT2D eigenvalue weighted by Crippen LogP contribution is -2.45. The molecule has 120 valence electrons. The second-order valence-electron chi connectivity index (χ2n) is 5.85. The van der Waals surface area contributed by atoms with Gasteiger partial charge in [-0.15, -0.1) is 0 Å². The minimum absolute atomic E-state index is 0.198. The minimum atomic E-state index is 0.198. The largest absolute Gasteiger partial charge is 0.454 e. The number of hydrogen-bond donors (Lipinski definition) is 1. The van der Waals surface area contributed by atoms with E-state index < -0.39 is 0 Å². The van der Waals surface area contributed by atoms with Crippen molar-refractivity contribution in [2.75, 3.05) is 33.0 Å².